The molecule has 1 aliphatic carbocycles. The minimum Gasteiger partial charge on any atom is -0.388 e. The molecule has 0 aromatic heterocycles. The number of aliphatic hydroxyl groups is 1. The predicted octanol–water partition coefficient (Wildman–Crippen LogP) is 2.93. The summed E-state index contributed by atoms with van der Waals surface area (Å²) >= 11 is 0. The Hall–Kier alpha value is -1.55. The molecular formula is C17H26N2O2. The van der Waals surface area contributed by atoms with Gasteiger partial charge in [0.25, 0.3) is 5.91 Å². The maximum absolute atomic E-state index is 12.3. The topological polar surface area (TPSA) is 61.4 Å². The van der Waals surface area contributed by atoms with Crippen molar-refractivity contribution in [2.75, 3.05) is 18.4 Å². The monoisotopic (exact) mass is 290 g/mol. The minimum atomic E-state index is -0.737. The fourth-order valence-corrected chi connectivity index (χ4v) is 2.93. The van der Waals surface area contributed by atoms with Crippen molar-refractivity contribution in [3.8, 4) is 0 Å². The lowest BCUT2D eigenvalue weighted by Gasteiger charge is -2.27. The first-order valence-electron chi connectivity index (χ1n) is 7.98. The van der Waals surface area contributed by atoms with Crippen molar-refractivity contribution in [3.63, 3.8) is 0 Å². The first-order chi connectivity index (χ1) is 10.1. The number of hydrogen-bond donors (Lipinski definition) is 3. The molecule has 0 atom stereocenters. The van der Waals surface area contributed by atoms with Crippen LogP contribution in [0.2, 0.25) is 0 Å². The SMILES string of the molecule is CCNc1ccccc1C(=O)NCC1(O)CCCCCC1. The lowest BCUT2D eigenvalue weighted by molar-refractivity contribution is 0.0246. The van der Waals surface area contributed by atoms with E-state index in [1.54, 1.807) is 0 Å². The van der Waals surface area contributed by atoms with E-state index in [2.05, 4.69) is 10.6 Å². The zero-order valence-corrected chi connectivity index (χ0v) is 12.8. The molecule has 2 rings (SSSR count). The summed E-state index contributed by atoms with van der Waals surface area (Å²) in [6, 6.07) is 7.48. The molecule has 4 nitrogen and oxygen atoms in total. The third kappa shape index (κ3) is 4.46. The average molecular weight is 290 g/mol. The second-order valence-corrected chi connectivity index (χ2v) is 5.90. The predicted molar refractivity (Wildman–Crippen MR) is 85.6 cm³/mol. The highest BCUT2D eigenvalue weighted by molar-refractivity contribution is 5.99. The van der Waals surface area contributed by atoms with E-state index in [-0.39, 0.29) is 5.91 Å². The minimum absolute atomic E-state index is 0.121. The van der Waals surface area contributed by atoms with E-state index in [1.807, 2.05) is 31.2 Å². The Morgan fingerprint density at radius 2 is 1.86 bits per heavy atom. The third-order valence-electron chi connectivity index (χ3n) is 4.15. The summed E-state index contributed by atoms with van der Waals surface area (Å²) in [5.74, 6) is -0.121. The van der Waals surface area contributed by atoms with Gasteiger partial charge >= 0.3 is 0 Å². The van der Waals surface area contributed by atoms with Crippen LogP contribution >= 0.6 is 0 Å². The quantitative estimate of drug-likeness (QED) is 0.731. The molecule has 0 bridgehead atoms. The second kappa shape index (κ2) is 7.46. The molecule has 1 aliphatic rings. The molecule has 0 saturated heterocycles. The molecular weight excluding hydrogens is 264 g/mol. The van der Waals surface area contributed by atoms with Crippen molar-refractivity contribution in [1.82, 2.24) is 5.32 Å². The smallest absolute Gasteiger partial charge is 0.253 e. The van der Waals surface area contributed by atoms with Gasteiger partial charge in [0.2, 0.25) is 0 Å². The van der Waals surface area contributed by atoms with Crippen molar-refractivity contribution in [2.24, 2.45) is 0 Å². The molecule has 1 saturated carbocycles. The Bertz CT molecular complexity index is 466. The van der Waals surface area contributed by atoms with E-state index < -0.39 is 5.60 Å². The highest BCUT2D eigenvalue weighted by Crippen LogP contribution is 2.26. The highest BCUT2D eigenvalue weighted by atomic mass is 16.3. The number of carbonyl (C=O) groups excluding carboxylic acids is 1. The fraction of sp³-hybridized carbons (Fsp3) is 0.588. The van der Waals surface area contributed by atoms with Gasteiger partial charge in [-0.2, -0.15) is 0 Å². The van der Waals surface area contributed by atoms with E-state index in [4.69, 9.17) is 0 Å². The molecule has 0 heterocycles. The first kappa shape index (κ1) is 15.8. The molecule has 1 aromatic carbocycles. The summed E-state index contributed by atoms with van der Waals surface area (Å²) in [6.07, 6.45) is 6.00. The van der Waals surface area contributed by atoms with Crippen molar-refractivity contribution in [2.45, 2.75) is 51.0 Å². The van der Waals surface area contributed by atoms with Gasteiger partial charge in [-0.15, -0.1) is 0 Å². The van der Waals surface area contributed by atoms with Crippen LogP contribution in [0.25, 0.3) is 0 Å². The lowest BCUT2D eigenvalue weighted by Crippen LogP contribution is -2.42. The van der Waals surface area contributed by atoms with Crippen molar-refractivity contribution in [1.29, 1.82) is 0 Å². The van der Waals surface area contributed by atoms with E-state index in [9.17, 15) is 9.90 Å². The normalized spacial score (nSPS) is 17.8. The number of hydrogen-bond acceptors (Lipinski definition) is 3. The molecule has 4 heteroatoms. The van der Waals surface area contributed by atoms with E-state index in [0.717, 1.165) is 37.9 Å². The van der Waals surface area contributed by atoms with Gasteiger partial charge < -0.3 is 15.7 Å². The third-order valence-corrected chi connectivity index (χ3v) is 4.15. The van der Waals surface area contributed by atoms with Gasteiger partial charge in [-0.05, 0) is 31.9 Å². The Kier molecular flexibility index (Phi) is 5.62. The van der Waals surface area contributed by atoms with Gasteiger partial charge in [-0.3, -0.25) is 4.79 Å². The zero-order valence-electron chi connectivity index (χ0n) is 12.8. The molecule has 0 spiro atoms. The van der Waals surface area contributed by atoms with Crippen molar-refractivity contribution < 1.29 is 9.90 Å². The van der Waals surface area contributed by atoms with Gasteiger partial charge in [-0.1, -0.05) is 37.8 Å². The molecule has 116 valence electrons. The summed E-state index contributed by atoms with van der Waals surface area (Å²) in [5.41, 5.74) is 0.737. The number of nitrogens with one attached hydrogen (secondary N) is 2. The van der Waals surface area contributed by atoms with Crippen LogP contribution in [-0.2, 0) is 0 Å². The Labute approximate surface area is 126 Å². The fourth-order valence-electron chi connectivity index (χ4n) is 2.93. The summed E-state index contributed by atoms with van der Waals surface area (Å²) in [5, 5.41) is 16.7. The molecule has 3 N–H and O–H groups in total. The first-order valence-corrected chi connectivity index (χ1v) is 7.98. The highest BCUT2D eigenvalue weighted by Gasteiger charge is 2.28. The number of anilines is 1. The number of amides is 1. The van der Waals surface area contributed by atoms with Gasteiger partial charge in [0.1, 0.15) is 0 Å². The van der Waals surface area contributed by atoms with Gasteiger partial charge in [0.05, 0.1) is 11.2 Å². The van der Waals surface area contributed by atoms with Crippen molar-refractivity contribution in [3.05, 3.63) is 29.8 Å². The van der Waals surface area contributed by atoms with Crippen LogP contribution in [0.15, 0.2) is 24.3 Å². The largest absolute Gasteiger partial charge is 0.388 e. The van der Waals surface area contributed by atoms with Crippen LogP contribution in [0.4, 0.5) is 5.69 Å². The molecule has 0 aliphatic heterocycles. The van der Waals surface area contributed by atoms with E-state index >= 15 is 0 Å². The summed E-state index contributed by atoms with van der Waals surface area (Å²) < 4.78 is 0. The maximum Gasteiger partial charge on any atom is 0.253 e. The number of para-hydroxylation sites is 1. The molecule has 1 amide bonds. The van der Waals surface area contributed by atoms with E-state index in [1.165, 1.54) is 12.8 Å². The van der Waals surface area contributed by atoms with Crippen LogP contribution < -0.4 is 10.6 Å². The lowest BCUT2D eigenvalue weighted by atomic mass is 9.94. The standard InChI is InChI=1S/C17H26N2O2/c1-2-18-15-10-6-5-9-14(15)16(20)19-13-17(21)11-7-3-4-8-12-17/h5-6,9-10,18,21H,2-4,7-8,11-13H2,1H3,(H,19,20). The molecule has 0 radical (unpaired) electrons. The molecule has 0 unspecified atom stereocenters. The number of carbonyl (C=O) groups is 1. The van der Waals surface area contributed by atoms with E-state index in [0.29, 0.717) is 12.1 Å². The van der Waals surface area contributed by atoms with Gasteiger partial charge in [0, 0.05) is 18.8 Å². The van der Waals surface area contributed by atoms with Gasteiger partial charge in [0.15, 0.2) is 0 Å². The second-order valence-electron chi connectivity index (χ2n) is 5.90. The molecule has 1 aromatic rings. The zero-order chi connectivity index (χ0) is 15.1. The van der Waals surface area contributed by atoms with Crippen LogP contribution in [0.3, 0.4) is 0 Å². The van der Waals surface area contributed by atoms with Crippen LogP contribution in [0, 0.1) is 0 Å². The van der Waals surface area contributed by atoms with Crippen LogP contribution in [0.5, 0.6) is 0 Å². The summed E-state index contributed by atoms with van der Waals surface area (Å²) in [4.78, 5) is 12.3. The number of benzene rings is 1. The molecule has 1 fully saturated rings. The van der Waals surface area contributed by atoms with Crippen LogP contribution in [0.1, 0.15) is 55.8 Å². The maximum atomic E-state index is 12.3. The van der Waals surface area contributed by atoms with Crippen LogP contribution in [-0.4, -0.2) is 29.7 Å². The summed E-state index contributed by atoms with van der Waals surface area (Å²) in [6.45, 7) is 3.11. The van der Waals surface area contributed by atoms with Crippen molar-refractivity contribution >= 4 is 11.6 Å². The Morgan fingerprint density at radius 3 is 2.52 bits per heavy atom. The Balaban J connectivity index is 1.98. The number of rotatable bonds is 5. The molecule has 21 heavy (non-hydrogen) atoms. The summed E-state index contributed by atoms with van der Waals surface area (Å²) in [7, 11) is 0. The Morgan fingerprint density at radius 1 is 1.19 bits per heavy atom. The van der Waals surface area contributed by atoms with Gasteiger partial charge in [-0.25, -0.2) is 0 Å². The average Bonchev–Trinajstić information content (AvgIpc) is 2.71.